The molecular weight excluding hydrogens is 351 g/mol. The summed E-state index contributed by atoms with van der Waals surface area (Å²) in [4.78, 5) is 24.1. The van der Waals surface area contributed by atoms with E-state index in [1.54, 1.807) is 0 Å². The molecule has 1 heterocycles. The van der Waals surface area contributed by atoms with Gasteiger partial charge in [0.1, 0.15) is 18.2 Å². The first-order valence-corrected chi connectivity index (χ1v) is 8.70. The Bertz CT molecular complexity index is 823. The van der Waals surface area contributed by atoms with Crippen molar-refractivity contribution in [2.45, 2.75) is 25.9 Å². The second-order valence-electron chi connectivity index (χ2n) is 6.57. The molecule has 1 atom stereocenters. The lowest BCUT2D eigenvalue weighted by molar-refractivity contribution is 0.0823. The molecule has 1 unspecified atom stereocenters. The van der Waals surface area contributed by atoms with E-state index < -0.39 is 23.9 Å². The van der Waals surface area contributed by atoms with Gasteiger partial charge in [0.2, 0.25) is 0 Å². The summed E-state index contributed by atoms with van der Waals surface area (Å²) < 4.78 is 24.0. The lowest BCUT2D eigenvalue weighted by Crippen LogP contribution is -2.43. The Morgan fingerprint density at radius 3 is 2.67 bits per heavy atom. The van der Waals surface area contributed by atoms with Crippen LogP contribution in [0.3, 0.4) is 0 Å². The van der Waals surface area contributed by atoms with E-state index in [1.807, 2.05) is 24.3 Å². The minimum atomic E-state index is -0.656. The minimum Gasteiger partial charge on any atom is -0.489 e. The number of hydrogen-bond donors (Lipinski definition) is 1. The van der Waals surface area contributed by atoms with E-state index in [1.165, 1.54) is 24.3 Å². The SMILES string of the molecule is CC(C)c1ccccc1OCC1CN(NC(=O)c2ccc(F)cc2)C(=O)O1. The molecule has 27 heavy (non-hydrogen) atoms. The van der Waals surface area contributed by atoms with Crippen LogP contribution in [0.25, 0.3) is 0 Å². The molecule has 1 fully saturated rings. The van der Waals surface area contributed by atoms with Gasteiger partial charge in [-0.25, -0.2) is 14.2 Å². The molecule has 2 aromatic carbocycles. The monoisotopic (exact) mass is 372 g/mol. The molecule has 142 valence electrons. The van der Waals surface area contributed by atoms with Crippen molar-refractivity contribution in [3.05, 3.63) is 65.5 Å². The lowest BCUT2D eigenvalue weighted by Gasteiger charge is -2.16. The topological polar surface area (TPSA) is 67.9 Å². The van der Waals surface area contributed by atoms with Gasteiger partial charge in [-0.15, -0.1) is 0 Å². The van der Waals surface area contributed by atoms with Gasteiger partial charge < -0.3 is 9.47 Å². The van der Waals surface area contributed by atoms with Crippen LogP contribution in [0.4, 0.5) is 9.18 Å². The van der Waals surface area contributed by atoms with E-state index >= 15 is 0 Å². The first kappa shape index (κ1) is 18.7. The summed E-state index contributed by atoms with van der Waals surface area (Å²) >= 11 is 0. The molecule has 2 aromatic rings. The lowest BCUT2D eigenvalue weighted by atomic mass is 10.0. The first-order chi connectivity index (χ1) is 12.9. The van der Waals surface area contributed by atoms with Crippen molar-refractivity contribution in [2.75, 3.05) is 13.2 Å². The Balaban J connectivity index is 1.56. The van der Waals surface area contributed by atoms with Crippen LogP contribution in [0, 0.1) is 5.82 Å². The predicted molar refractivity (Wildman–Crippen MR) is 96.9 cm³/mol. The molecule has 0 saturated carbocycles. The number of nitrogens with one attached hydrogen (secondary N) is 1. The largest absolute Gasteiger partial charge is 0.489 e. The Morgan fingerprint density at radius 2 is 1.96 bits per heavy atom. The van der Waals surface area contributed by atoms with E-state index in [-0.39, 0.29) is 18.7 Å². The second kappa shape index (κ2) is 8.07. The van der Waals surface area contributed by atoms with Crippen LogP contribution in [-0.2, 0) is 4.74 Å². The summed E-state index contributed by atoms with van der Waals surface area (Å²) in [5.74, 6) is 0.0980. The predicted octanol–water partition coefficient (Wildman–Crippen LogP) is 3.49. The number of ether oxygens (including phenoxy) is 2. The van der Waals surface area contributed by atoms with Gasteiger partial charge in [0.15, 0.2) is 6.10 Å². The zero-order valence-corrected chi connectivity index (χ0v) is 15.1. The molecule has 7 heteroatoms. The van der Waals surface area contributed by atoms with Gasteiger partial charge in [0.25, 0.3) is 5.91 Å². The number of nitrogens with zero attached hydrogens (tertiary/aromatic N) is 1. The fourth-order valence-electron chi connectivity index (χ4n) is 2.76. The number of hydrogen-bond acceptors (Lipinski definition) is 4. The van der Waals surface area contributed by atoms with Crippen molar-refractivity contribution in [3.8, 4) is 5.75 Å². The average Bonchev–Trinajstić information content (AvgIpc) is 3.00. The van der Waals surface area contributed by atoms with Gasteiger partial charge in [-0.1, -0.05) is 32.0 Å². The van der Waals surface area contributed by atoms with Crippen molar-refractivity contribution in [2.24, 2.45) is 0 Å². The Morgan fingerprint density at radius 1 is 1.26 bits per heavy atom. The molecule has 1 aliphatic heterocycles. The Kier molecular flexibility index (Phi) is 5.59. The number of benzene rings is 2. The van der Waals surface area contributed by atoms with E-state index in [0.29, 0.717) is 5.92 Å². The van der Waals surface area contributed by atoms with Crippen molar-refractivity contribution in [1.29, 1.82) is 0 Å². The van der Waals surface area contributed by atoms with Gasteiger partial charge in [0.05, 0.1) is 6.54 Å². The fraction of sp³-hybridized carbons (Fsp3) is 0.300. The molecule has 1 aliphatic rings. The molecule has 1 saturated heterocycles. The summed E-state index contributed by atoms with van der Waals surface area (Å²) in [6, 6.07) is 12.8. The quantitative estimate of drug-likeness (QED) is 0.843. The number of halogens is 1. The maximum atomic E-state index is 12.9. The van der Waals surface area contributed by atoms with Crippen LogP contribution in [0.2, 0.25) is 0 Å². The summed E-state index contributed by atoms with van der Waals surface area (Å²) in [5, 5.41) is 1.09. The van der Waals surface area contributed by atoms with Crippen molar-refractivity contribution in [3.63, 3.8) is 0 Å². The van der Waals surface area contributed by atoms with Gasteiger partial charge in [-0.05, 0) is 41.8 Å². The third kappa shape index (κ3) is 4.55. The van der Waals surface area contributed by atoms with Crippen LogP contribution in [0.1, 0.15) is 35.7 Å². The maximum absolute atomic E-state index is 12.9. The zero-order valence-electron chi connectivity index (χ0n) is 15.1. The first-order valence-electron chi connectivity index (χ1n) is 8.70. The summed E-state index contributed by atoms with van der Waals surface area (Å²) in [5.41, 5.74) is 3.78. The molecular formula is C20H21FN2O4. The second-order valence-corrected chi connectivity index (χ2v) is 6.57. The highest BCUT2D eigenvalue weighted by atomic mass is 19.1. The number of amides is 2. The molecule has 1 N–H and O–H groups in total. The summed E-state index contributed by atoms with van der Waals surface area (Å²) in [6.07, 6.45) is -1.16. The van der Waals surface area contributed by atoms with Crippen LogP contribution in [0.5, 0.6) is 5.75 Å². The Hall–Kier alpha value is -3.09. The summed E-state index contributed by atoms with van der Waals surface area (Å²) in [6.45, 7) is 4.49. The molecule has 6 nitrogen and oxygen atoms in total. The van der Waals surface area contributed by atoms with Crippen LogP contribution in [-0.4, -0.2) is 36.3 Å². The van der Waals surface area contributed by atoms with Crippen molar-refractivity contribution in [1.82, 2.24) is 10.4 Å². The van der Waals surface area contributed by atoms with Crippen LogP contribution in [0.15, 0.2) is 48.5 Å². The van der Waals surface area contributed by atoms with Crippen molar-refractivity contribution < 1.29 is 23.5 Å². The number of carbonyl (C=O) groups excluding carboxylic acids is 2. The smallest absolute Gasteiger partial charge is 0.429 e. The van der Waals surface area contributed by atoms with Crippen LogP contribution >= 0.6 is 0 Å². The average molecular weight is 372 g/mol. The highest BCUT2D eigenvalue weighted by Crippen LogP contribution is 2.26. The Labute approximate surface area is 156 Å². The third-order valence-electron chi connectivity index (χ3n) is 4.18. The van der Waals surface area contributed by atoms with E-state index in [2.05, 4.69) is 19.3 Å². The fourth-order valence-corrected chi connectivity index (χ4v) is 2.76. The van der Waals surface area contributed by atoms with Crippen molar-refractivity contribution >= 4 is 12.0 Å². The van der Waals surface area contributed by atoms with Gasteiger partial charge >= 0.3 is 6.09 Å². The molecule has 0 aliphatic carbocycles. The molecule has 0 radical (unpaired) electrons. The number of cyclic esters (lactones) is 1. The number of carbonyl (C=O) groups is 2. The standard InChI is InChI=1S/C20H21FN2O4/c1-13(2)17-5-3-4-6-18(17)26-12-16-11-23(20(25)27-16)22-19(24)14-7-9-15(21)10-8-14/h3-10,13,16H,11-12H2,1-2H3,(H,22,24). The highest BCUT2D eigenvalue weighted by Gasteiger charge is 2.33. The third-order valence-corrected chi connectivity index (χ3v) is 4.18. The van der Waals surface area contributed by atoms with Gasteiger partial charge in [0, 0.05) is 5.56 Å². The number of rotatable bonds is 6. The number of hydrazine groups is 1. The zero-order chi connectivity index (χ0) is 19.4. The van der Waals surface area contributed by atoms with E-state index in [9.17, 15) is 14.0 Å². The molecule has 2 amide bonds. The molecule has 0 bridgehead atoms. The molecule has 0 aromatic heterocycles. The van der Waals surface area contributed by atoms with E-state index in [4.69, 9.17) is 9.47 Å². The molecule has 0 spiro atoms. The number of para-hydroxylation sites is 1. The van der Waals surface area contributed by atoms with Crippen LogP contribution < -0.4 is 10.2 Å². The maximum Gasteiger partial charge on any atom is 0.429 e. The highest BCUT2D eigenvalue weighted by molar-refractivity contribution is 5.95. The molecule has 3 rings (SSSR count). The van der Waals surface area contributed by atoms with Gasteiger partial charge in [-0.2, -0.15) is 0 Å². The summed E-state index contributed by atoms with van der Waals surface area (Å²) in [7, 11) is 0. The normalized spacial score (nSPS) is 16.4. The minimum absolute atomic E-state index is 0.162. The van der Waals surface area contributed by atoms with Gasteiger partial charge in [-0.3, -0.25) is 10.2 Å². The van der Waals surface area contributed by atoms with E-state index in [0.717, 1.165) is 16.3 Å².